The van der Waals surface area contributed by atoms with Gasteiger partial charge >= 0.3 is 6.09 Å². The number of carbonyl (C=O) groups is 2. The molecule has 4 fully saturated rings. The molecule has 24 heavy (non-hydrogen) atoms. The Labute approximate surface area is 144 Å². The molecule has 0 spiro atoms. The Morgan fingerprint density at radius 1 is 1.12 bits per heavy atom. The van der Waals surface area contributed by atoms with Gasteiger partial charge in [0.2, 0.25) is 5.91 Å². The second-order valence-corrected chi connectivity index (χ2v) is 9.03. The Balaban J connectivity index is 1.54. The predicted molar refractivity (Wildman–Crippen MR) is 91.4 cm³/mol. The van der Waals surface area contributed by atoms with Gasteiger partial charge in [-0.2, -0.15) is 0 Å². The van der Waals surface area contributed by atoms with Crippen LogP contribution in [-0.2, 0) is 9.53 Å². The summed E-state index contributed by atoms with van der Waals surface area (Å²) in [5.41, 5.74) is 5.63. The number of amides is 2. The molecule has 3 N–H and O–H groups in total. The molecule has 3 aliphatic carbocycles. The van der Waals surface area contributed by atoms with Crippen LogP contribution in [0.5, 0.6) is 0 Å². The molecule has 0 aromatic heterocycles. The molecule has 2 amide bonds. The van der Waals surface area contributed by atoms with E-state index in [0.29, 0.717) is 6.54 Å². The molecule has 3 saturated carbocycles. The van der Waals surface area contributed by atoms with Crippen molar-refractivity contribution in [3.05, 3.63) is 0 Å². The van der Waals surface area contributed by atoms with Crippen molar-refractivity contribution in [2.45, 2.75) is 82.9 Å². The molecule has 6 nitrogen and oxygen atoms in total. The van der Waals surface area contributed by atoms with Crippen molar-refractivity contribution in [1.82, 2.24) is 10.2 Å². The molecule has 0 aromatic carbocycles. The number of fused-ring (bicyclic) bond motifs is 3. The summed E-state index contributed by atoms with van der Waals surface area (Å²) in [5, 5.41) is 2.89. The van der Waals surface area contributed by atoms with Crippen molar-refractivity contribution in [3.8, 4) is 0 Å². The highest BCUT2D eigenvalue weighted by Gasteiger charge is 2.52. The molecular formula is C18H31N3O3. The monoisotopic (exact) mass is 337 g/mol. The maximum absolute atomic E-state index is 13.1. The van der Waals surface area contributed by atoms with Gasteiger partial charge in [-0.3, -0.25) is 4.79 Å². The maximum atomic E-state index is 13.1. The van der Waals surface area contributed by atoms with Gasteiger partial charge in [-0.1, -0.05) is 0 Å². The smallest absolute Gasteiger partial charge is 0.407 e. The van der Waals surface area contributed by atoms with Gasteiger partial charge in [-0.15, -0.1) is 0 Å². The van der Waals surface area contributed by atoms with Gasteiger partial charge in [-0.05, 0) is 65.7 Å². The average Bonchev–Trinajstić information content (AvgIpc) is 2.94. The Hall–Kier alpha value is -1.30. The highest BCUT2D eigenvalue weighted by Crippen LogP contribution is 2.52. The predicted octanol–water partition coefficient (Wildman–Crippen LogP) is 2.16. The van der Waals surface area contributed by atoms with Crippen LogP contribution in [0.15, 0.2) is 0 Å². The fourth-order valence-electron chi connectivity index (χ4n) is 4.41. The van der Waals surface area contributed by atoms with Gasteiger partial charge in [0.05, 0.1) is 6.04 Å². The number of rotatable bonds is 2. The molecule has 1 aliphatic heterocycles. The van der Waals surface area contributed by atoms with Crippen molar-refractivity contribution in [3.63, 3.8) is 0 Å². The van der Waals surface area contributed by atoms with E-state index in [4.69, 9.17) is 10.5 Å². The van der Waals surface area contributed by atoms with Gasteiger partial charge in [0.25, 0.3) is 0 Å². The van der Waals surface area contributed by atoms with E-state index >= 15 is 0 Å². The molecule has 6 heteroatoms. The van der Waals surface area contributed by atoms with Crippen molar-refractivity contribution < 1.29 is 14.3 Å². The topological polar surface area (TPSA) is 84.7 Å². The summed E-state index contributed by atoms with van der Waals surface area (Å²) in [6.45, 7) is 6.85. The minimum atomic E-state index is -0.504. The lowest BCUT2D eigenvalue weighted by atomic mass is 9.57. The number of nitrogens with zero attached hydrogens (tertiary/aromatic N) is 1. The van der Waals surface area contributed by atoms with Crippen molar-refractivity contribution in [2.75, 3.05) is 13.1 Å². The van der Waals surface area contributed by atoms with Gasteiger partial charge in [0, 0.05) is 24.0 Å². The summed E-state index contributed by atoms with van der Waals surface area (Å²) < 4.78 is 5.30. The van der Waals surface area contributed by atoms with Crippen LogP contribution in [0.4, 0.5) is 4.79 Å². The van der Waals surface area contributed by atoms with Gasteiger partial charge in [0.15, 0.2) is 0 Å². The van der Waals surface area contributed by atoms with Crippen LogP contribution < -0.4 is 11.1 Å². The largest absolute Gasteiger partial charge is 0.444 e. The van der Waals surface area contributed by atoms with Crippen LogP contribution in [0, 0.1) is 5.41 Å². The fraction of sp³-hybridized carbons (Fsp3) is 0.889. The number of likely N-dealkylation sites (tertiary alicyclic amines) is 1. The van der Waals surface area contributed by atoms with Gasteiger partial charge in [0.1, 0.15) is 5.60 Å². The zero-order valence-electron chi connectivity index (χ0n) is 15.2. The van der Waals surface area contributed by atoms with Crippen LogP contribution >= 0.6 is 0 Å². The third-order valence-corrected chi connectivity index (χ3v) is 5.95. The molecule has 4 aliphatic rings. The molecule has 2 bridgehead atoms. The zero-order chi connectivity index (χ0) is 17.6. The second kappa shape index (κ2) is 5.90. The first-order valence-corrected chi connectivity index (χ1v) is 9.19. The van der Waals surface area contributed by atoms with Crippen molar-refractivity contribution in [2.24, 2.45) is 11.1 Å². The summed E-state index contributed by atoms with van der Waals surface area (Å²) >= 11 is 0. The van der Waals surface area contributed by atoms with Gasteiger partial charge in [-0.25, -0.2) is 4.79 Å². The number of hydrogen-bond acceptors (Lipinski definition) is 4. The third kappa shape index (κ3) is 3.53. The van der Waals surface area contributed by atoms with E-state index in [1.807, 2.05) is 25.7 Å². The van der Waals surface area contributed by atoms with E-state index in [-0.39, 0.29) is 22.9 Å². The SMILES string of the molecule is CC(C)(C)OC(=O)NC1CCN(C(=O)C23CCC(N)(CC2)CC3)C1. The molecule has 0 radical (unpaired) electrons. The van der Waals surface area contributed by atoms with E-state index in [0.717, 1.165) is 51.5 Å². The average molecular weight is 337 g/mol. The standard InChI is InChI=1S/C18H31N3O3/c1-16(2,3)24-15(23)20-13-4-11-21(12-13)14(22)17-5-8-18(19,9-6-17)10-7-17/h13H,4-12,19H2,1-3H3,(H,20,23). The van der Waals surface area contributed by atoms with E-state index < -0.39 is 11.7 Å². The van der Waals surface area contributed by atoms with Crippen molar-refractivity contribution in [1.29, 1.82) is 0 Å². The molecule has 1 heterocycles. The molecule has 0 aromatic rings. The highest BCUT2D eigenvalue weighted by atomic mass is 16.6. The highest BCUT2D eigenvalue weighted by molar-refractivity contribution is 5.83. The number of nitrogens with one attached hydrogen (secondary N) is 1. The summed E-state index contributed by atoms with van der Waals surface area (Å²) in [7, 11) is 0. The molecule has 4 rings (SSSR count). The maximum Gasteiger partial charge on any atom is 0.407 e. The van der Waals surface area contributed by atoms with Crippen LogP contribution in [0.1, 0.15) is 65.7 Å². The summed E-state index contributed by atoms with van der Waals surface area (Å²) in [4.78, 5) is 26.9. The first-order valence-electron chi connectivity index (χ1n) is 9.19. The number of nitrogens with two attached hydrogens (primary N) is 1. The lowest BCUT2D eigenvalue weighted by molar-refractivity contribution is -0.148. The normalized spacial score (nSPS) is 35.8. The van der Waals surface area contributed by atoms with Gasteiger partial charge < -0.3 is 20.7 Å². The van der Waals surface area contributed by atoms with Crippen LogP contribution in [-0.4, -0.2) is 47.2 Å². The van der Waals surface area contributed by atoms with E-state index in [9.17, 15) is 9.59 Å². The molecular weight excluding hydrogens is 306 g/mol. The minimum Gasteiger partial charge on any atom is -0.444 e. The molecule has 1 atom stereocenters. The quantitative estimate of drug-likeness (QED) is 0.809. The first-order chi connectivity index (χ1) is 11.1. The number of carbonyl (C=O) groups excluding carboxylic acids is 2. The third-order valence-electron chi connectivity index (χ3n) is 5.95. The Kier molecular flexibility index (Phi) is 4.31. The molecule has 1 saturated heterocycles. The lowest BCUT2D eigenvalue weighted by Gasteiger charge is -2.51. The number of hydrogen-bond donors (Lipinski definition) is 2. The van der Waals surface area contributed by atoms with E-state index in [1.54, 1.807) is 0 Å². The second-order valence-electron chi connectivity index (χ2n) is 9.03. The Morgan fingerprint density at radius 3 is 2.25 bits per heavy atom. The zero-order valence-corrected chi connectivity index (χ0v) is 15.2. The van der Waals surface area contributed by atoms with E-state index in [2.05, 4.69) is 5.32 Å². The van der Waals surface area contributed by atoms with Crippen molar-refractivity contribution >= 4 is 12.0 Å². The van der Waals surface area contributed by atoms with Crippen LogP contribution in [0.25, 0.3) is 0 Å². The molecule has 136 valence electrons. The number of alkyl carbamates (subject to hydrolysis) is 1. The van der Waals surface area contributed by atoms with E-state index in [1.165, 1.54) is 0 Å². The fourth-order valence-corrected chi connectivity index (χ4v) is 4.41. The summed E-state index contributed by atoms with van der Waals surface area (Å²) in [5.74, 6) is 0.276. The molecule has 1 unspecified atom stereocenters. The van der Waals surface area contributed by atoms with Crippen LogP contribution in [0.2, 0.25) is 0 Å². The lowest BCUT2D eigenvalue weighted by Crippen LogP contribution is -2.57. The Bertz CT molecular complexity index is 502. The summed E-state index contributed by atoms with van der Waals surface area (Å²) in [6.07, 6.45) is 6.05. The summed E-state index contributed by atoms with van der Waals surface area (Å²) in [6, 6.07) is -0.0130. The minimum absolute atomic E-state index is 0.0130. The Morgan fingerprint density at radius 2 is 1.71 bits per heavy atom. The first kappa shape index (κ1) is 17.5. The van der Waals surface area contributed by atoms with Crippen LogP contribution in [0.3, 0.4) is 0 Å². The number of ether oxygens (including phenoxy) is 1.